The smallest absolute Gasteiger partial charge is 0.318 e. The Hall–Kier alpha value is -1.10. The van der Waals surface area contributed by atoms with Crippen molar-refractivity contribution in [3.8, 4) is 0 Å². The number of aromatic nitrogens is 2. The fourth-order valence-electron chi connectivity index (χ4n) is 2.60. The molecule has 18 heavy (non-hydrogen) atoms. The zero-order valence-corrected chi connectivity index (χ0v) is 11.7. The topological polar surface area (TPSA) is 54.2 Å². The third kappa shape index (κ3) is 2.66. The highest BCUT2D eigenvalue weighted by atomic mass is 16.4. The maximum atomic E-state index is 5.69. The normalized spacial score (nSPS) is 18.5. The highest BCUT2D eigenvalue weighted by molar-refractivity contribution is 5.28. The molecule has 0 amide bonds. The van der Waals surface area contributed by atoms with Crippen molar-refractivity contribution in [2.45, 2.75) is 46.6 Å². The zero-order valence-electron chi connectivity index (χ0n) is 11.7. The van der Waals surface area contributed by atoms with Gasteiger partial charge in [-0.05, 0) is 31.2 Å². The van der Waals surface area contributed by atoms with Gasteiger partial charge in [0.2, 0.25) is 5.89 Å². The van der Waals surface area contributed by atoms with Gasteiger partial charge in [0.15, 0.2) is 0 Å². The molecule has 0 aliphatic carbocycles. The van der Waals surface area contributed by atoms with Crippen LogP contribution in [0.5, 0.6) is 0 Å². The Morgan fingerprint density at radius 2 is 2.06 bits per heavy atom. The Kier molecular flexibility index (Phi) is 4.22. The molecule has 1 N–H and O–H groups in total. The first-order valence-corrected chi connectivity index (χ1v) is 7.01. The lowest BCUT2D eigenvalue weighted by Gasteiger charge is -2.25. The molecule has 1 aromatic heterocycles. The molecule has 1 aliphatic heterocycles. The summed E-state index contributed by atoms with van der Waals surface area (Å²) in [6, 6.07) is 0.687. The highest BCUT2D eigenvalue weighted by Gasteiger charge is 2.36. The maximum Gasteiger partial charge on any atom is 0.318 e. The molecular formula is C13H24N4O. The van der Waals surface area contributed by atoms with Crippen LogP contribution in [0, 0.1) is 5.41 Å². The third-order valence-electron chi connectivity index (χ3n) is 4.19. The van der Waals surface area contributed by atoms with Gasteiger partial charge in [-0.3, -0.25) is 0 Å². The van der Waals surface area contributed by atoms with Gasteiger partial charge in [-0.25, -0.2) is 0 Å². The highest BCUT2D eigenvalue weighted by Crippen LogP contribution is 2.38. The molecule has 0 bridgehead atoms. The van der Waals surface area contributed by atoms with Crippen LogP contribution in [-0.4, -0.2) is 29.8 Å². The minimum Gasteiger partial charge on any atom is -0.407 e. The van der Waals surface area contributed by atoms with Crippen LogP contribution in [0.3, 0.4) is 0 Å². The summed E-state index contributed by atoms with van der Waals surface area (Å²) in [5, 5.41) is 11.4. The van der Waals surface area contributed by atoms with Crippen LogP contribution >= 0.6 is 0 Å². The molecule has 0 radical (unpaired) electrons. The summed E-state index contributed by atoms with van der Waals surface area (Å²) in [4.78, 5) is 2.23. The fraction of sp³-hybridized carbons (Fsp3) is 0.846. The van der Waals surface area contributed by atoms with Crippen LogP contribution in [0.15, 0.2) is 4.42 Å². The van der Waals surface area contributed by atoms with Crippen molar-refractivity contribution >= 4 is 6.01 Å². The third-order valence-corrected chi connectivity index (χ3v) is 4.19. The summed E-state index contributed by atoms with van der Waals surface area (Å²) in [5.74, 6) is 0.678. The molecular weight excluding hydrogens is 228 g/mol. The van der Waals surface area contributed by atoms with E-state index in [0.717, 1.165) is 19.6 Å². The van der Waals surface area contributed by atoms with E-state index in [1.54, 1.807) is 0 Å². The molecule has 0 unspecified atom stereocenters. The second-order valence-corrected chi connectivity index (χ2v) is 5.14. The Bertz CT molecular complexity index is 373. The van der Waals surface area contributed by atoms with Crippen LogP contribution in [0.1, 0.15) is 45.9 Å². The maximum absolute atomic E-state index is 5.69. The van der Waals surface area contributed by atoms with Crippen molar-refractivity contribution in [2.24, 2.45) is 5.41 Å². The SMILES string of the molecule is CCNCc1nnc(N2CCC(CC)(CC)C2)o1. The summed E-state index contributed by atoms with van der Waals surface area (Å²) >= 11 is 0. The van der Waals surface area contributed by atoms with E-state index in [2.05, 4.69) is 41.2 Å². The van der Waals surface area contributed by atoms with E-state index in [1.807, 2.05) is 0 Å². The van der Waals surface area contributed by atoms with Gasteiger partial charge in [-0.15, -0.1) is 5.10 Å². The summed E-state index contributed by atoms with van der Waals surface area (Å²) in [6.07, 6.45) is 3.67. The largest absolute Gasteiger partial charge is 0.407 e. The average molecular weight is 252 g/mol. The van der Waals surface area contributed by atoms with Crippen LogP contribution in [0.4, 0.5) is 6.01 Å². The average Bonchev–Trinajstić information content (AvgIpc) is 3.03. The van der Waals surface area contributed by atoms with Crippen LogP contribution in [-0.2, 0) is 6.54 Å². The van der Waals surface area contributed by atoms with E-state index in [1.165, 1.54) is 19.3 Å². The lowest BCUT2D eigenvalue weighted by atomic mass is 9.82. The van der Waals surface area contributed by atoms with E-state index < -0.39 is 0 Å². The molecule has 2 heterocycles. The second kappa shape index (κ2) is 5.69. The molecule has 1 aliphatic rings. The van der Waals surface area contributed by atoms with Crippen molar-refractivity contribution in [2.75, 3.05) is 24.5 Å². The first kappa shape index (κ1) is 13.3. The van der Waals surface area contributed by atoms with E-state index in [4.69, 9.17) is 4.42 Å². The lowest BCUT2D eigenvalue weighted by Crippen LogP contribution is -2.26. The Balaban J connectivity index is 1.98. The predicted molar refractivity (Wildman–Crippen MR) is 71.5 cm³/mol. The summed E-state index contributed by atoms with van der Waals surface area (Å²) in [6.45, 7) is 10.3. The van der Waals surface area contributed by atoms with Crippen molar-refractivity contribution in [3.05, 3.63) is 5.89 Å². The quantitative estimate of drug-likeness (QED) is 0.841. The van der Waals surface area contributed by atoms with Gasteiger partial charge in [0, 0.05) is 13.1 Å². The monoisotopic (exact) mass is 252 g/mol. The number of hydrogen-bond donors (Lipinski definition) is 1. The molecule has 0 spiro atoms. The predicted octanol–water partition coefficient (Wildman–Crippen LogP) is 2.20. The van der Waals surface area contributed by atoms with Crippen LogP contribution in [0.25, 0.3) is 0 Å². The minimum absolute atomic E-state index is 0.441. The van der Waals surface area contributed by atoms with E-state index in [0.29, 0.717) is 23.9 Å². The molecule has 0 saturated carbocycles. The summed E-state index contributed by atoms with van der Waals surface area (Å²) in [5.41, 5.74) is 0.441. The van der Waals surface area contributed by atoms with Crippen molar-refractivity contribution < 1.29 is 4.42 Å². The van der Waals surface area contributed by atoms with Gasteiger partial charge in [0.1, 0.15) is 0 Å². The van der Waals surface area contributed by atoms with Gasteiger partial charge < -0.3 is 14.6 Å². The van der Waals surface area contributed by atoms with Crippen molar-refractivity contribution in [1.82, 2.24) is 15.5 Å². The molecule has 0 aromatic carbocycles. The Morgan fingerprint density at radius 1 is 1.28 bits per heavy atom. The van der Waals surface area contributed by atoms with Crippen LogP contribution < -0.4 is 10.2 Å². The van der Waals surface area contributed by atoms with E-state index in [9.17, 15) is 0 Å². The number of rotatable bonds is 6. The first-order valence-electron chi connectivity index (χ1n) is 7.01. The molecule has 5 heteroatoms. The molecule has 0 atom stereocenters. The molecule has 102 valence electrons. The van der Waals surface area contributed by atoms with Gasteiger partial charge in [-0.1, -0.05) is 25.9 Å². The second-order valence-electron chi connectivity index (χ2n) is 5.14. The minimum atomic E-state index is 0.441. The number of nitrogens with zero attached hydrogens (tertiary/aromatic N) is 3. The van der Waals surface area contributed by atoms with Gasteiger partial charge in [-0.2, -0.15) is 0 Å². The number of nitrogens with one attached hydrogen (secondary N) is 1. The van der Waals surface area contributed by atoms with E-state index >= 15 is 0 Å². The first-order chi connectivity index (χ1) is 8.73. The van der Waals surface area contributed by atoms with Crippen molar-refractivity contribution in [1.29, 1.82) is 0 Å². The summed E-state index contributed by atoms with van der Waals surface area (Å²) in [7, 11) is 0. The Labute approximate surface area is 109 Å². The molecule has 1 saturated heterocycles. The van der Waals surface area contributed by atoms with Crippen LogP contribution in [0.2, 0.25) is 0 Å². The lowest BCUT2D eigenvalue weighted by molar-refractivity contribution is 0.300. The fourth-order valence-corrected chi connectivity index (χ4v) is 2.60. The van der Waals surface area contributed by atoms with Crippen molar-refractivity contribution in [3.63, 3.8) is 0 Å². The van der Waals surface area contributed by atoms with Gasteiger partial charge in [0.25, 0.3) is 0 Å². The molecule has 1 fully saturated rings. The molecule has 2 rings (SSSR count). The standard InChI is InChI=1S/C13H24N4O/c1-4-13(5-2)7-8-17(10-13)12-16-15-11(18-12)9-14-6-3/h14H,4-10H2,1-3H3. The summed E-state index contributed by atoms with van der Waals surface area (Å²) < 4.78 is 5.69. The zero-order chi connectivity index (χ0) is 13.0. The number of hydrogen-bond acceptors (Lipinski definition) is 5. The van der Waals surface area contributed by atoms with E-state index in [-0.39, 0.29) is 0 Å². The Morgan fingerprint density at radius 3 is 2.67 bits per heavy atom. The number of anilines is 1. The molecule has 5 nitrogen and oxygen atoms in total. The van der Waals surface area contributed by atoms with Gasteiger partial charge in [0.05, 0.1) is 6.54 Å². The molecule has 1 aromatic rings. The van der Waals surface area contributed by atoms with Gasteiger partial charge >= 0.3 is 6.01 Å².